The van der Waals surface area contributed by atoms with Crippen LogP contribution in [0.5, 0.6) is 11.5 Å². The van der Waals surface area contributed by atoms with Crippen molar-refractivity contribution in [1.29, 1.82) is 0 Å². The molecule has 0 amide bonds. The number of fused-ring (bicyclic) bond motifs is 1. The first-order chi connectivity index (χ1) is 13.8. The molecule has 2 aromatic rings. The average Bonchev–Trinajstić information content (AvgIpc) is 2.72. The minimum atomic E-state index is 0.507. The van der Waals surface area contributed by atoms with Gasteiger partial charge in [0.05, 0.1) is 19.8 Å². The first-order valence-corrected chi connectivity index (χ1v) is 10.7. The Hall–Kier alpha value is -2.23. The van der Waals surface area contributed by atoms with E-state index in [-0.39, 0.29) is 0 Å². The van der Waals surface area contributed by atoms with Gasteiger partial charge in [-0.05, 0) is 67.1 Å². The molecule has 2 rings (SSSR count). The fourth-order valence-electron chi connectivity index (χ4n) is 3.16. The summed E-state index contributed by atoms with van der Waals surface area (Å²) in [5.74, 6) is 1.84. The molecule has 0 aromatic heterocycles. The van der Waals surface area contributed by atoms with Crippen LogP contribution in [0.4, 0.5) is 0 Å². The Morgan fingerprint density at radius 3 is 1.68 bits per heavy atom. The number of carbonyl (C=O) groups is 1. The van der Waals surface area contributed by atoms with E-state index in [1.54, 1.807) is 0 Å². The van der Waals surface area contributed by atoms with Crippen LogP contribution in [-0.4, -0.2) is 26.3 Å². The summed E-state index contributed by atoms with van der Waals surface area (Å²) < 4.78 is 16.4. The second kappa shape index (κ2) is 13.9. The summed E-state index contributed by atoms with van der Waals surface area (Å²) in [6, 6.07) is 12.4. The third-order valence-corrected chi connectivity index (χ3v) is 4.79. The zero-order chi connectivity index (χ0) is 19.9. The number of unbranched alkanes of at least 4 members (excludes halogenated alkanes) is 7. The third kappa shape index (κ3) is 8.64. The maximum Gasteiger partial charge on any atom is 0.293 e. The summed E-state index contributed by atoms with van der Waals surface area (Å²) in [4.78, 5) is 10.1. The SMILES string of the molecule is CCCCCCCOc1ccc2cc(OCCCCCCOC=O)ccc2c1. The number of hydrogen-bond acceptors (Lipinski definition) is 4. The topological polar surface area (TPSA) is 44.8 Å². The molecule has 0 unspecified atom stereocenters. The number of benzene rings is 2. The van der Waals surface area contributed by atoms with Crippen LogP contribution in [0.25, 0.3) is 10.8 Å². The lowest BCUT2D eigenvalue weighted by Crippen LogP contribution is -1.98. The molecule has 0 fully saturated rings. The van der Waals surface area contributed by atoms with E-state index in [0.29, 0.717) is 19.7 Å². The predicted octanol–water partition coefficient (Wildman–Crippen LogP) is 6.30. The predicted molar refractivity (Wildman–Crippen MR) is 114 cm³/mol. The van der Waals surface area contributed by atoms with E-state index < -0.39 is 0 Å². The quantitative estimate of drug-likeness (QED) is 0.251. The maximum absolute atomic E-state index is 10.1. The first kappa shape index (κ1) is 22.1. The highest BCUT2D eigenvalue weighted by atomic mass is 16.5. The van der Waals surface area contributed by atoms with E-state index in [1.807, 2.05) is 12.1 Å². The minimum absolute atomic E-state index is 0.507. The van der Waals surface area contributed by atoms with Crippen LogP contribution in [0, 0.1) is 0 Å². The Morgan fingerprint density at radius 1 is 0.679 bits per heavy atom. The molecule has 0 bridgehead atoms. The molecule has 0 aliphatic rings. The summed E-state index contributed by atoms with van der Waals surface area (Å²) in [6.45, 7) is 4.75. The largest absolute Gasteiger partial charge is 0.494 e. The van der Waals surface area contributed by atoms with Crippen LogP contribution >= 0.6 is 0 Å². The Bertz CT molecular complexity index is 683. The molecule has 0 atom stereocenters. The van der Waals surface area contributed by atoms with Gasteiger partial charge in [0, 0.05) is 0 Å². The second-order valence-corrected chi connectivity index (χ2v) is 7.16. The minimum Gasteiger partial charge on any atom is -0.494 e. The van der Waals surface area contributed by atoms with Gasteiger partial charge in [-0.2, -0.15) is 0 Å². The van der Waals surface area contributed by atoms with Gasteiger partial charge in [-0.3, -0.25) is 4.79 Å². The van der Waals surface area contributed by atoms with Crippen molar-refractivity contribution in [3.05, 3.63) is 36.4 Å². The molecule has 28 heavy (non-hydrogen) atoms. The number of ether oxygens (including phenoxy) is 3. The summed E-state index contributed by atoms with van der Waals surface area (Å²) in [6.07, 6.45) is 10.3. The highest BCUT2D eigenvalue weighted by Crippen LogP contribution is 2.25. The fraction of sp³-hybridized carbons (Fsp3) is 0.542. The number of rotatable bonds is 16. The smallest absolute Gasteiger partial charge is 0.293 e. The zero-order valence-corrected chi connectivity index (χ0v) is 17.2. The van der Waals surface area contributed by atoms with Crippen molar-refractivity contribution in [3.8, 4) is 11.5 Å². The Balaban J connectivity index is 1.69. The van der Waals surface area contributed by atoms with Crippen LogP contribution in [0.1, 0.15) is 64.7 Å². The molecule has 0 heterocycles. The van der Waals surface area contributed by atoms with Crippen molar-refractivity contribution in [1.82, 2.24) is 0 Å². The monoisotopic (exact) mass is 386 g/mol. The normalized spacial score (nSPS) is 10.8. The third-order valence-electron chi connectivity index (χ3n) is 4.79. The lowest BCUT2D eigenvalue weighted by atomic mass is 10.1. The molecule has 0 aliphatic heterocycles. The molecule has 4 nitrogen and oxygen atoms in total. The number of carbonyl (C=O) groups excluding carboxylic acids is 1. The molecule has 0 N–H and O–H groups in total. The fourth-order valence-corrected chi connectivity index (χ4v) is 3.16. The standard InChI is InChI=1S/C24H34O4/c1-2-3-4-5-9-16-27-23-13-11-22-19-24(14-12-21(22)18-23)28-17-10-7-6-8-15-26-20-25/h11-14,18-20H,2-10,15-17H2,1H3. The molecule has 0 saturated heterocycles. The van der Waals surface area contributed by atoms with E-state index in [4.69, 9.17) is 9.47 Å². The summed E-state index contributed by atoms with van der Waals surface area (Å²) in [7, 11) is 0. The highest BCUT2D eigenvalue weighted by molar-refractivity contribution is 5.85. The van der Waals surface area contributed by atoms with Crippen molar-refractivity contribution < 1.29 is 19.0 Å². The van der Waals surface area contributed by atoms with Crippen LogP contribution in [0.3, 0.4) is 0 Å². The van der Waals surface area contributed by atoms with Crippen LogP contribution in [-0.2, 0) is 9.53 Å². The van der Waals surface area contributed by atoms with Gasteiger partial charge in [0.15, 0.2) is 0 Å². The lowest BCUT2D eigenvalue weighted by Gasteiger charge is -2.10. The van der Waals surface area contributed by atoms with E-state index in [0.717, 1.165) is 50.2 Å². The first-order valence-electron chi connectivity index (χ1n) is 10.7. The van der Waals surface area contributed by atoms with E-state index in [1.165, 1.54) is 36.5 Å². The summed E-state index contributed by atoms with van der Waals surface area (Å²) in [5.41, 5.74) is 0. The molecule has 0 spiro atoms. The lowest BCUT2D eigenvalue weighted by molar-refractivity contribution is -0.128. The highest BCUT2D eigenvalue weighted by Gasteiger charge is 2.01. The molecule has 154 valence electrons. The summed E-state index contributed by atoms with van der Waals surface area (Å²) in [5, 5.41) is 2.34. The van der Waals surface area contributed by atoms with Gasteiger partial charge >= 0.3 is 0 Å². The Kier molecular flexibility index (Phi) is 10.9. The van der Waals surface area contributed by atoms with Gasteiger partial charge in [-0.1, -0.05) is 44.7 Å². The van der Waals surface area contributed by atoms with Crippen molar-refractivity contribution in [2.24, 2.45) is 0 Å². The van der Waals surface area contributed by atoms with Gasteiger partial charge in [0.2, 0.25) is 0 Å². The van der Waals surface area contributed by atoms with Crippen LogP contribution < -0.4 is 9.47 Å². The average molecular weight is 387 g/mol. The molecule has 2 aromatic carbocycles. The molecule has 0 saturated carbocycles. The van der Waals surface area contributed by atoms with E-state index >= 15 is 0 Å². The van der Waals surface area contributed by atoms with E-state index in [2.05, 4.69) is 35.9 Å². The van der Waals surface area contributed by atoms with Gasteiger partial charge < -0.3 is 14.2 Å². The van der Waals surface area contributed by atoms with Crippen molar-refractivity contribution in [3.63, 3.8) is 0 Å². The Morgan fingerprint density at radius 2 is 1.18 bits per heavy atom. The van der Waals surface area contributed by atoms with Crippen LogP contribution in [0.2, 0.25) is 0 Å². The molecule has 0 aliphatic carbocycles. The van der Waals surface area contributed by atoms with Crippen molar-refractivity contribution in [2.45, 2.75) is 64.7 Å². The summed E-state index contributed by atoms with van der Waals surface area (Å²) >= 11 is 0. The molecular formula is C24H34O4. The van der Waals surface area contributed by atoms with Crippen molar-refractivity contribution in [2.75, 3.05) is 19.8 Å². The van der Waals surface area contributed by atoms with Gasteiger partial charge in [-0.15, -0.1) is 0 Å². The second-order valence-electron chi connectivity index (χ2n) is 7.16. The molecular weight excluding hydrogens is 352 g/mol. The van der Waals surface area contributed by atoms with Gasteiger partial charge in [0.25, 0.3) is 6.47 Å². The molecule has 4 heteroatoms. The number of hydrogen-bond donors (Lipinski definition) is 0. The Labute approximate surface area is 169 Å². The van der Waals surface area contributed by atoms with Crippen molar-refractivity contribution >= 4 is 17.2 Å². The van der Waals surface area contributed by atoms with E-state index in [9.17, 15) is 4.79 Å². The zero-order valence-electron chi connectivity index (χ0n) is 17.2. The maximum atomic E-state index is 10.1. The van der Waals surface area contributed by atoms with Gasteiger partial charge in [-0.25, -0.2) is 0 Å². The van der Waals surface area contributed by atoms with Gasteiger partial charge in [0.1, 0.15) is 11.5 Å². The molecule has 0 radical (unpaired) electrons. The van der Waals surface area contributed by atoms with Crippen LogP contribution in [0.15, 0.2) is 36.4 Å².